The number of hydrogen-bond acceptors (Lipinski definition) is 4. The van der Waals surface area contributed by atoms with E-state index in [0.29, 0.717) is 23.7 Å². The lowest BCUT2D eigenvalue weighted by atomic mass is 9.59. The lowest BCUT2D eigenvalue weighted by molar-refractivity contribution is -0.132. The fourth-order valence-electron chi connectivity index (χ4n) is 4.30. The number of Topliss-reactive ketones (excluding diaryl/α,β-unsaturated/α-hetero) is 1. The molecule has 2 rings (SSSR count). The first-order valence-corrected chi connectivity index (χ1v) is 9.95. The Labute approximate surface area is 167 Å². The van der Waals surface area contributed by atoms with Gasteiger partial charge in [-0.1, -0.05) is 32.4 Å². The van der Waals surface area contributed by atoms with Gasteiger partial charge in [0.2, 0.25) is 0 Å². The van der Waals surface area contributed by atoms with Gasteiger partial charge in [0.15, 0.2) is 0 Å². The van der Waals surface area contributed by atoms with Crippen LogP contribution in [0.15, 0.2) is 17.7 Å². The smallest absolute Gasteiger partial charge is 0.339 e. The molecule has 1 aromatic carbocycles. The lowest BCUT2D eigenvalue weighted by Gasteiger charge is -2.44. The molecular weight excluding hydrogens is 356 g/mol. The van der Waals surface area contributed by atoms with Gasteiger partial charge in [-0.15, -0.1) is 0 Å². The molecule has 5 heteroatoms. The number of carbonyl (C=O) groups excluding carboxylic acids is 1. The Morgan fingerprint density at radius 2 is 1.96 bits per heavy atom. The molecule has 0 saturated heterocycles. The van der Waals surface area contributed by atoms with Crippen LogP contribution in [0.3, 0.4) is 0 Å². The van der Waals surface area contributed by atoms with Crippen LogP contribution in [0.2, 0.25) is 0 Å². The van der Waals surface area contributed by atoms with Crippen LogP contribution in [0, 0.1) is 24.2 Å². The molecule has 154 valence electrons. The maximum Gasteiger partial charge on any atom is 0.339 e. The largest absolute Gasteiger partial charge is 0.508 e. The standard InChI is InChI=1S/C23H32O5/c1-13(10-11-23(5)15(3)7-9-18(24)16(23)4)6-8-17-19(25)12-14(2)20(21(17)26)22(27)28/h6,12,15-16,25-26H,7-11H2,1-5H3,(H,27,28)/b13-6+/t15-,16+,23+/m1/s1. The molecule has 1 aromatic rings. The zero-order chi connectivity index (χ0) is 21.2. The van der Waals surface area contributed by atoms with Gasteiger partial charge >= 0.3 is 5.97 Å². The van der Waals surface area contributed by atoms with Crippen molar-refractivity contribution in [2.24, 2.45) is 17.3 Å². The van der Waals surface area contributed by atoms with E-state index in [0.717, 1.165) is 24.8 Å². The highest BCUT2D eigenvalue weighted by Gasteiger charge is 2.42. The van der Waals surface area contributed by atoms with Crippen LogP contribution in [-0.4, -0.2) is 27.1 Å². The minimum atomic E-state index is -1.21. The van der Waals surface area contributed by atoms with E-state index < -0.39 is 5.97 Å². The minimum Gasteiger partial charge on any atom is -0.508 e. The Hall–Kier alpha value is -2.30. The second kappa shape index (κ2) is 8.38. The maximum absolute atomic E-state index is 12.2. The number of benzene rings is 1. The Morgan fingerprint density at radius 3 is 2.57 bits per heavy atom. The number of aromatic carboxylic acids is 1. The van der Waals surface area contributed by atoms with E-state index in [2.05, 4.69) is 13.8 Å². The number of ketones is 1. The first-order valence-electron chi connectivity index (χ1n) is 9.95. The number of rotatable bonds is 6. The average Bonchev–Trinajstić information content (AvgIpc) is 2.61. The number of allylic oxidation sites excluding steroid dienone is 2. The third-order valence-electron chi connectivity index (χ3n) is 6.93. The number of hydrogen-bond donors (Lipinski definition) is 3. The third-order valence-corrected chi connectivity index (χ3v) is 6.93. The van der Waals surface area contributed by atoms with Crippen LogP contribution in [0.5, 0.6) is 11.5 Å². The Kier molecular flexibility index (Phi) is 6.58. The zero-order valence-corrected chi connectivity index (χ0v) is 17.5. The third kappa shape index (κ3) is 4.23. The fourth-order valence-corrected chi connectivity index (χ4v) is 4.30. The minimum absolute atomic E-state index is 0.0327. The van der Waals surface area contributed by atoms with Crippen LogP contribution in [0.4, 0.5) is 0 Å². The second-order valence-corrected chi connectivity index (χ2v) is 8.61. The molecule has 1 aliphatic rings. The van der Waals surface area contributed by atoms with Crippen LogP contribution in [-0.2, 0) is 11.2 Å². The van der Waals surface area contributed by atoms with E-state index in [9.17, 15) is 24.9 Å². The molecule has 3 atom stereocenters. The number of aryl methyl sites for hydroxylation is 1. The van der Waals surface area contributed by atoms with E-state index in [1.807, 2.05) is 19.9 Å². The highest BCUT2D eigenvalue weighted by Crippen LogP contribution is 2.47. The van der Waals surface area contributed by atoms with Gasteiger partial charge in [0.05, 0.1) is 0 Å². The summed E-state index contributed by atoms with van der Waals surface area (Å²) in [6, 6.07) is 1.37. The monoisotopic (exact) mass is 388 g/mol. The summed E-state index contributed by atoms with van der Waals surface area (Å²) < 4.78 is 0. The SMILES string of the molecule is C/C(=C\Cc1c(O)cc(C)c(C(=O)O)c1O)CC[C@@]1(C)[C@H](C)CCC(=O)[C@@H]1C. The van der Waals surface area contributed by atoms with Crippen LogP contribution in [0.1, 0.15) is 74.9 Å². The summed E-state index contributed by atoms with van der Waals surface area (Å²) >= 11 is 0. The molecule has 0 unspecified atom stereocenters. The number of phenols is 2. The van der Waals surface area contributed by atoms with Crippen molar-refractivity contribution in [1.82, 2.24) is 0 Å². The molecule has 0 bridgehead atoms. The van der Waals surface area contributed by atoms with Crippen LogP contribution >= 0.6 is 0 Å². The number of carbonyl (C=O) groups is 2. The van der Waals surface area contributed by atoms with Crippen LogP contribution < -0.4 is 0 Å². The van der Waals surface area contributed by atoms with Crippen molar-refractivity contribution in [2.45, 2.75) is 66.7 Å². The summed E-state index contributed by atoms with van der Waals surface area (Å²) in [6.45, 7) is 9.99. The van der Waals surface area contributed by atoms with Gasteiger partial charge in [0.1, 0.15) is 22.8 Å². The molecule has 0 radical (unpaired) electrons. The highest BCUT2D eigenvalue weighted by atomic mass is 16.4. The first kappa shape index (κ1) is 22.0. The van der Waals surface area contributed by atoms with Crippen molar-refractivity contribution >= 4 is 11.8 Å². The summed E-state index contributed by atoms with van der Waals surface area (Å²) in [7, 11) is 0. The van der Waals surface area contributed by atoms with Crippen molar-refractivity contribution < 1.29 is 24.9 Å². The van der Waals surface area contributed by atoms with E-state index in [-0.39, 0.29) is 40.4 Å². The first-order chi connectivity index (χ1) is 13.0. The summed E-state index contributed by atoms with van der Waals surface area (Å²) in [6.07, 6.45) is 5.49. The second-order valence-electron chi connectivity index (χ2n) is 8.61. The Bertz CT molecular complexity index is 808. The quantitative estimate of drug-likeness (QED) is 0.595. The molecule has 1 saturated carbocycles. The van der Waals surface area contributed by atoms with Crippen LogP contribution in [0.25, 0.3) is 0 Å². The predicted octanol–water partition coefficient (Wildman–Crippen LogP) is 5.01. The predicted molar refractivity (Wildman–Crippen MR) is 109 cm³/mol. The number of phenolic OH excluding ortho intramolecular Hbond substituents is 1. The molecule has 0 aromatic heterocycles. The molecule has 5 nitrogen and oxygen atoms in total. The summed E-state index contributed by atoms with van der Waals surface area (Å²) in [5, 5.41) is 29.7. The summed E-state index contributed by atoms with van der Waals surface area (Å²) in [4.78, 5) is 23.5. The van der Waals surface area contributed by atoms with E-state index in [1.54, 1.807) is 6.92 Å². The molecular formula is C23H32O5. The molecule has 3 N–H and O–H groups in total. The summed E-state index contributed by atoms with van der Waals surface area (Å²) in [5.41, 5.74) is 1.44. The highest BCUT2D eigenvalue weighted by molar-refractivity contribution is 5.93. The molecule has 0 heterocycles. The van der Waals surface area contributed by atoms with Gasteiger partial charge in [-0.3, -0.25) is 4.79 Å². The van der Waals surface area contributed by atoms with Crippen molar-refractivity contribution in [3.05, 3.63) is 34.4 Å². The molecule has 0 aliphatic heterocycles. The average molecular weight is 389 g/mol. The normalized spacial score (nSPS) is 25.8. The topological polar surface area (TPSA) is 94.8 Å². The molecule has 0 spiro atoms. The van der Waals surface area contributed by atoms with E-state index in [1.165, 1.54) is 6.07 Å². The van der Waals surface area contributed by atoms with Gasteiger partial charge in [0, 0.05) is 17.9 Å². The van der Waals surface area contributed by atoms with Crippen molar-refractivity contribution in [3.8, 4) is 11.5 Å². The fraction of sp³-hybridized carbons (Fsp3) is 0.565. The van der Waals surface area contributed by atoms with Gasteiger partial charge < -0.3 is 15.3 Å². The Morgan fingerprint density at radius 1 is 1.32 bits per heavy atom. The zero-order valence-electron chi connectivity index (χ0n) is 17.5. The van der Waals surface area contributed by atoms with Gasteiger partial charge in [-0.2, -0.15) is 0 Å². The van der Waals surface area contributed by atoms with Crippen molar-refractivity contribution in [3.63, 3.8) is 0 Å². The lowest BCUT2D eigenvalue weighted by Crippen LogP contribution is -2.41. The molecule has 1 aliphatic carbocycles. The van der Waals surface area contributed by atoms with E-state index in [4.69, 9.17) is 0 Å². The van der Waals surface area contributed by atoms with E-state index >= 15 is 0 Å². The molecule has 0 amide bonds. The number of aromatic hydroxyl groups is 2. The summed E-state index contributed by atoms with van der Waals surface area (Å²) in [5.74, 6) is -0.811. The van der Waals surface area contributed by atoms with Gasteiger partial charge in [-0.05, 0) is 62.5 Å². The Balaban J connectivity index is 2.14. The number of carboxylic acid groups (broad SMARTS) is 1. The molecule has 1 fully saturated rings. The van der Waals surface area contributed by atoms with Crippen molar-refractivity contribution in [2.75, 3.05) is 0 Å². The maximum atomic E-state index is 12.2. The van der Waals surface area contributed by atoms with Gasteiger partial charge in [-0.25, -0.2) is 4.79 Å². The van der Waals surface area contributed by atoms with Crippen molar-refractivity contribution in [1.29, 1.82) is 0 Å². The van der Waals surface area contributed by atoms with Gasteiger partial charge in [0.25, 0.3) is 0 Å². The number of carboxylic acids is 1. The molecule has 28 heavy (non-hydrogen) atoms.